The van der Waals surface area contributed by atoms with Gasteiger partial charge in [0.25, 0.3) is 11.7 Å². The Morgan fingerprint density at radius 3 is 2.25 bits per heavy atom. The monoisotopic (exact) mass is 469 g/mol. The number of nitrogens with zero attached hydrogens (tertiary/aromatic N) is 1. The SMILES string of the molecule is CC(C)(C)c1ccc(N2C(=O)C(=O)/C(=C(\O)c3ccc(Cl)c(Cl)c3)C2c2ccco2)cc1. The molecule has 7 heteroatoms. The van der Waals surface area contributed by atoms with Crippen LogP contribution >= 0.6 is 23.2 Å². The highest BCUT2D eigenvalue weighted by atomic mass is 35.5. The van der Waals surface area contributed by atoms with Crippen molar-refractivity contribution in [2.45, 2.75) is 32.2 Å². The fourth-order valence-electron chi connectivity index (χ4n) is 3.74. The first-order valence-electron chi connectivity index (χ1n) is 10.00. The molecule has 164 valence electrons. The summed E-state index contributed by atoms with van der Waals surface area (Å²) >= 11 is 12.1. The Hall–Kier alpha value is -3.02. The molecule has 0 spiro atoms. The number of carbonyl (C=O) groups excluding carboxylic acids is 2. The predicted molar refractivity (Wildman–Crippen MR) is 125 cm³/mol. The molecular weight excluding hydrogens is 449 g/mol. The van der Waals surface area contributed by atoms with Gasteiger partial charge in [-0.3, -0.25) is 14.5 Å². The van der Waals surface area contributed by atoms with E-state index < -0.39 is 17.7 Å². The van der Waals surface area contributed by atoms with Crippen molar-refractivity contribution in [2.75, 3.05) is 4.90 Å². The number of aliphatic hydroxyl groups excluding tert-OH is 1. The molecule has 1 unspecified atom stereocenters. The number of rotatable bonds is 3. The summed E-state index contributed by atoms with van der Waals surface area (Å²) in [5.41, 5.74) is 1.74. The zero-order valence-electron chi connectivity index (χ0n) is 17.7. The minimum atomic E-state index is -0.931. The van der Waals surface area contributed by atoms with E-state index in [1.165, 1.54) is 29.4 Å². The average molecular weight is 470 g/mol. The second-order valence-electron chi connectivity index (χ2n) is 8.61. The summed E-state index contributed by atoms with van der Waals surface area (Å²) in [6.07, 6.45) is 1.46. The highest BCUT2D eigenvalue weighted by molar-refractivity contribution is 6.51. The molecular formula is C25H21Cl2NO4. The molecule has 0 radical (unpaired) electrons. The van der Waals surface area contributed by atoms with Crippen LogP contribution in [0.25, 0.3) is 5.76 Å². The third kappa shape index (κ3) is 3.83. The van der Waals surface area contributed by atoms with Gasteiger partial charge in [-0.25, -0.2) is 0 Å². The minimum Gasteiger partial charge on any atom is -0.507 e. The lowest BCUT2D eigenvalue weighted by molar-refractivity contribution is -0.132. The molecule has 0 aliphatic carbocycles. The fourth-order valence-corrected chi connectivity index (χ4v) is 4.03. The van der Waals surface area contributed by atoms with Crippen LogP contribution in [0.3, 0.4) is 0 Å². The number of carbonyl (C=O) groups is 2. The Labute approximate surface area is 195 Å². The average Bonchev–Trinajstić information content (AvgIpc) is 3.36. The first-order valence-corrected chi connectivity index (χ1v) is 10.8. The molecule has 0 saturated carbocycles. The summed E-state index contributed by atoms with van der Waals surface area (Å²) in [5.74, 6) is -1.56. The van der Waals surface area contributed by atoms with Crippen molar-refractivity contribution in [1.82, 2.24) is 0 Å². The predicted octanol–water partition coefficient (Wildman–Crippen LogP) is 6.51. The lowest BCUT2D eigenvalue weighted by atomic mass is 9.87. The zero-order valence-corrected chi connectivity index (χ0v) is 19.2. The molecule has 1 aromatic heterocycles. The van der Waals surface area contributed by atoms with Gasteiger partial charge in [-0.2, -0.15) is 0 Å². The second kappa shape index (κ2) is 8.15. The van der Waals surface area contributed by atoms with Crippen LogP contribution in [-0.4, -0.2) is 16.8 Å². The van der Waals surface area contributed by atoms with Crippen molar-refractivity contribution in [1.29, 1.82) is 0 Å². The van der Waals surface area contributed by atoms with E-state index in [1.54, 1.807) is 24.3 Å². The van der Waals surface area contributed by atoms with Gasteiger partial charge in [0.1, 0.15) is 17.6 Å². The number of Topliss-reactive ketones (excluding diaryl/α,β-unsaturated/α-hetero) is 1. The summed E-state index contributed by atoms with van der Waals surface area (Å²) in [7, 11) is 0. The van der Waals surface area contributed by atoms with Gasteiger partial charge in [-0.1, -0.05) is 56.1 Å². The van der Waals surface area contributed by atoms with E-state index in [-0.39, 0.29) is 27.3 Å². The number of hydrogen-bond donors (Lipinski definition) is 1. The van der Waals surface area contributed by atoms with E-state index in [2.05, 4.69) is 20.8 Å². The van der Waals surface area contributed by atoms with Crippen LogP contribution in [0.2, 0.25) is 10.0 Å². The number of furan rings is 1. The van der Waals surface area contributed by atoms with E-state index in [1.807, 2.05) is 12.1 Å². The Bertz CT molecular complexity index is 1220. The van der Waals surface area contributed by atoms with Gasteiger partial charge in [0.05, 0.1) is 21.9 Å². The molecule has 5 nitrogen and oxygen atoms in total. The third-order valence-corrected chi connectivity index (χ3v) is 6.20. The number of ketones is 1. The van der Waals surface area contributed by atoms with Crippen molar-refractivity contribution in [3.63, 3.8) is 0 Å². The lowest BCUT2D eigenvalue weighted by Gasteiger charge is -2.25. The Morgan fingerprint density at radius 1 is 1.00 bits per heavy atom. The molecule has 1 saturated heterocycles. The fraction of sp³-hybridized carbons (Fsp3) is 0.200. The van der Waals surface area contributed by atoms with Crippen LogP contribution in [0.5, 0.6) is 0 Å². The maximum absolute atomic E-state index is 13.1. The van der Waals surface area contributed by atoms with Crippen molar-refractivity contribution < 1.29 is 19.1 Å². The van der Waals surface area contributed by atoms with Gasteiger partial charge in [-0.15, -0.1) is 0 Å². The van der Waals surface area contributed by atoms with Gasteiger partial charge < -0.3 is 9.52 Å². The number of amides is 1. The molecule has 1 atom stereocenters. The van der Waals surface area contributed by atoms with E-state index in [4.69, 9.17) is 27.6 Å². The Balaban J connectivity index is 1.88. The lowest BCUT2D eigenvalue weighted by Crippen LogP contribution is -2.29. The summed E-state index contributed by atoms with van der Waals surface area (Å²) in [6, 6.07) is 14.3. The molecule has 32 heavy (non-hydrogen) atoms. The van der Waals surface area contributed by atoms with Crippen molar-refractivity contribution >= 4 is 46.3 Å². The maximum Gasteiger partial charge on any atom is 0.300 e. The molecule has 1 amide bonds. The van der Waals surface area contributed by atoms with Crippen molar-refractivity contribution in [3.8, 4) is 0 Å². The molecule has 0 bridgehead atoms. The largest absolute Gasteiger partial charge is 0.507 e. The first kappa shape index (κ1) is 22.2. The summed E-state index contributed by atoms with van der Waals surface area (Å²) in [6.45, 7) is 6.27. The van der Waals surface area contributed by atoms with E-state index >= 15 is 0 Å². The summed E-state index contributed by atoms with van der Waals surface area (Å²) in [4.78, 5) is 27.5. The standard InChI is InChI=1S/C25H21Cl2NO4/c1-25(2,3)15-7-9-16(10-8-15)28-21(19-5-4-12-32-19)20(23(30)24(28)31)22(29)14-6-11-17(26)18(27)13-14/h4-13,21,29H,1-3H3/b22-20-. The number of hydrogen-bond acceptors (Lipinski definition) is 4. The molecule has 4 rings (SSSR count). The number of anilines is 1. The molecule has 2 heterocycles. The van der Waals surface area contributed by atoms with Gasteiger partial charge in [0.15, 0.2) is 0 Å². The molecule has 1 fully saturated rings. The van der Waals surface area contributed by atoms with Crippen molar-refractivity contribution in [2.24, 2.45) is 0 Å². The smallest absolute Gasteiger partial charge is 0.300 e. The number of benzene rings is 2. The van der Waals surface area contributed by atoms with Gasteiger partial charge in [0, 0.05) is 11.3 Å². The second-order valence-corrected chi connectivity index (χ2v) is 9.42. The third-order valence-electron chi connectivity index (χ3n) is 5.46. The van der Waals surface area contributed by atoms with Gasteiger partial charge >= 0.3 is 0 Å². The van der Waals surface area contributed by atoms with Crippen LogP contribution < -0.4 is 4.90 Å². The normalized spacial score (nSPS) is 18.4. The first-order chi connectivity index (χ1) is 15.1. The van der Waals surface area contributed by atoms with E-state index in [0.717, 1.165) is 5.56 Å². The number of halogens is 2. The molecule has 1 N–H and O–H groups in total. The zero-order chi connectivity index (χ0) is 23.2. The molecule has 1 aliphatic rings. The highest BCUT2D eigenvalue weighted by Crippen LogP contribution is 2.43. The number of aliphatic hydroxyl groups is 1. The van der Waals surface area contributed by atoms with Crippen LogP contribution in [0.1, 0.15) is 43.7 Å². The maximum atomic E-state index is 13.1. The molecule has 1 aliphatic heterocycles. The van der Waals surface area contributed by atoms with Crippen molar-refractivity contribution in [3.05, 3.63) is 93.4 Å². The van der Waals surface area contributed by atoms with Crippen LogP contribution in [0.15, 0.2) is 70.9 Å². The van der Waals surface area contributed by atoms with Gasteiger partial charge in [-0.05, 0) is 53.4 Å². The minimum absolute atomic E-state index is 0.0685. The molecule has 2 aromatic carbocycles. The van der Waals surface area contributed by atoms with E-state index in [0.29, 0.717) is 16.5 Å². The highest BCUT2D eigenvalue weighted by Gasteiger charge is 2.48. The Kier molecular flexibility index (Phi) is 5.65. The van der Waals surface area contributed by atoms with Crippen LogP contribution in [0, 0.1) is 0 Å². The summed E-state index contributed by atoms with van der Waals surface area (Å²) in [5, 5.41) is 11.6. The Morgan fingerprint density at radius 2 is 1.69 bits per heavy atom. The van der Waals surface area contributed by atoms with Crippen LogP contribution in [0.4, 0.5) is 5.69 Å². The molecule has 3 aromatic rings. The quantitative estimate of drug-likeness (QED) is 0.269. The van der Waals surface area contributed by atoms with Crippen LogP contribution in [-0.2, 0) is 15.0 Å². The van der Waals surface area contributed by atoms with Gasteiger partial charge in [0.2, 0.25) is 0 Å². The summed E-state index contributed by atoms with van der Waals surface area (Å²) < 4.78 is 5.56. The topological polar surface area (TPSA) is 70.8 Å². The van der Waals surface area contributed by atoms with E-state index in [9.17, 15) is 14.7 Å².